The van der Waals surface area contributed by atoms with Crippen molar-refractivity contribution in [3.05, 3.63) is 53.0 Å². The summed E-state index contributed by atoms with van der Waals surface area (Å²) in [6, 6.07) is 5.96. The van der Waals surface area contributed by atoms with Crippen molar-refractivity contribution in [2.75, 3.05) is 7.11 Å². The largest absolute Gasteiger partial charge is 0.481 e. The van der Waals surface area contributed by atoms with Crippen molar-refractivity contribution in [1.82, 2.24) is 15.3 Å². The summed E-state index contributed by atoms with van der Waals surface area (Å²) in [6.45, 7) is 4.39. The Kier molecular flexibility index (Phi) is 4.28. The Morgan fingerprint density at radius 1 is 1.35 bits per heavy atom. The summed E-state index contributed by atoms with van der Waals surface area (Å²) in [4.78, 5) is 20.7. The van der Waals surface area contributed by atoms with Gasteiger partial charge in [-0.2, -0.15) is 0 Å². The Morgan fingerprint density at radius 3 is 2.78 bits per heavy atom. The molecule has 23 heavy (non-hydrogen) atoms. The summed E-state index contributed by atoms with van der Waals surface area (Å²) in [6.07, 6.45) is 4.45. The number of aryl methyl sites for hydroxylation is 2. The number of nitrogens with one attached hydrogen (secondary N) is 1. The highest BCUT2D eigenvalue weighted by Crippen LogP contribution is 2.47. The number of amides is 1. The van der Waals surface area contributed by atoms with Crippen LogP contribution in [-0.4, -0.2) is 23.0 Å². The summed E-state index contributed by atoms with van der Waals surface area (Å²) in [5.74, 6) is 1.05. The predicted octanol–water partition coefficient (Wildman–Crippen LogP) is 2.52. The molecule has 0 bridgehead atoms. The SMILES string of the molecule is COc1nc(C)cc(C)c1CNC(=O)[C@@H]1C[C@H]1c1ccncc1. The number of methoxy groups -OCH3 is 1. The molecule has 1 aliphatic carbocycles. The lowest BCUT2D eigenvalue weighted by molar-refractivity contribution is -0.122. The first-order valence-electron chi connectivity index (χ1n) is 7.79. The third-order valence-corrected chi connectivity index (χ3v) is 4.33. The molecule has 0 saturated heterocycles. The number of ether oxygens (including phenoxy) is 1. The fourth-order valence-electron chi connectivity index (χ4n) is 2.98. The molecule has 5 nitrogen and oxygen atoms in total. The zero-order chi connectivity index (χ0) is 16.4. The van der Waals surface area contributed by atoms with Crippen molar-refractivity contribution in [3.63, 3.8) is 0 Å². The predicted molar refractivity (Wildman–Crippen MR) is 87.2 cm³/mol. The van der Waals surface area contributed by atoms with E-state index in [0.29, 0.717) is 18.3 Å². The molecule has 2 aromatic heterocycles. The molecule has 0 aliphatic heterocycles. The molecule has 1 fully saturated rings. The van der Waals surface area contributed by atoms with Crippen LogP contribution in [0.25, 0.3) is 0 Å². The first kappa shape index (κ1) is 15.5. The van der Waals surface area contributed by atoms with Crippen LogP contribution in [0.2, 0.25) is 0 Å². The zero-order valence-electron chi connectivity index (χ0n) is 13.7. The van der Waals surface area contributed by atoms with Crippen LogP contribution in [0, 0.1) is 19.8 Å². The molecule has 1 amide bonds. The van der Waals surface area contributed by atoms with Crippen molar-refractivity contribution >= 4 is 5.91 Å². The second-order valence-electron chi connectivity index (χ2n) is 6.02. The number of aromatic nitrogens is 2. The molecule has 1 N–H and O–H groups in total. The van der Waals surface area contributed by atoms with Crippen LogP contribution in [0.1, 0.15) is 34.7 Å². The first-order chi connectivity index (χ1) is 11.1. The van der Waals surface area contributed by atoms with Crippen molar-refractivity contribution in [2.45, 2.75) is 32.7 Å². The average Bonchev–Trinajstić information content (AvgIpc) is 3.34. The van der Waals surface area contributed by atoms with Crippen molar-refractivity contribution < 1.29 is 9.53 Å². The van der Waals surface area contributed by atoms with Crippen molar-refractivity contribution in [1.29, 1.82) is 0 Å². The molecule has 0 radical (unpaired) electrons. The van der Waals surface area contributed by atoms with Crippen LogP contribution in [0.3, 0.4) is 0 Å². The lowest BCUT2D eigenvalue weighted by atomic mass is 10.1. The van der Waals surface area contributed by atoms with Crippen LogP contribution in [0.15, 0.2) is 30.6 Å². The standard InChI is InChI=1S/C18H21N3O2/c1-11-8-12(2)21-18(23-3)16(11)10-20-17(22)15-9-14(15)13-4-6-19-7-5-13/h4-8,14-15H,9-10H2,1-3H3,(H,20,22)/t14-,15+/m0/s1. The van der Waals surface area contributed by atoms with E-state index in [0.717, 1.165) is 23.2 Å². The van der Waals surface area contributed by atoms with Crippen LogP contribution < -0.4 is 10.1 Å². The number of hydrogen-bond acceptors (Lipinski definition) is 4. The maximum absolute atomic E-state index is 12.4. The first-order valence-corrected chi connectivity index (χ1v) is 7.79. The zero-order valence-corrected chi connectivity index (χ0v) is 13.7. The van der Waals surface area contributed by atoms with Gasteiger partial charge in [-0.05, 0) is 55.5 Å². The van der Waals surface area contributed by atoms with Crippen LogP contribution in [0.5, 0.6) is 5.88 Å². The van der Waals surface area contributed by atoms with E-state index in [1.54, 1.807) is 19.5 Å². The minimum absolute atomic E-state index is 0.0575. The van der Waals surface area contributed by atoms with Gasteiger partial charge in [-0.25, -0.2) is 4.98 Å². The molecule has 2 atom stereocenters. The van der Waals surface area contributed by atoms with Gasteiger partial charge in [0.15, 0.2) is 0 Å². The van der Waals surface area contributed by atoms with Gasteiger partial charge in [0.25, 0.3) is 0 Å². The summed E-state index contributed by atoms with van der Waals surface area (Å²) in [5, 5.41) is 3.02. The van der Waals surface area contributed by atoms with Gasteiger partial charge in [0.05, 0.1) is 7.11 Å². The monoisotopic (exact) mass is 311 g/mol. The lowest BCUT2D eigenvalue weighted by Gasteiger charge is -2.12. The number of pyridine rings is 2. The maximum atomic E-state index is 12.4. The van der Waals surface area contributed by atoms with E-state index in [1.807, 2.05) is 32.0 Å². The number of hydrogen-bond donors (Lipinski definition) is 1. The number of carbonyl (C=O) groups is 1. The summed E-state index contributed by atoms with van der Waals surface area (Å²) >= 11 is 0. The normalized spacial score (nSPS) is 19.3. The lowest BCUT2D eigenvalue weighted by Crippen LogP contribution is -2.25. The highest BCUT2D eigenvalue weighted by atomic mass is 16.5. The van der Waals surface area contributed by atoms with E-state index < -0.39 is 0 Å². The third-order valence-electron chi connectivity index (χ3n) is 4.33. The fourth-order valence-corrected chi connectivity index (χ4v) is 2.98. The number of carbonyl (C=O) groups excluding carboxylic acids is 1. The summed E-state index contributed by atoms with van der Waals surface area (Å²) in [7, 11) is 1.60. The number of rotatable bonds is 5. The van der Waals surface area contributed by atoms with Crippen molar-refractivity contribution in [3.8, 4) is 5.88 Å². The molecule has 2 aromatic rings. The Balaban J connectivity index is 1.63. The number of nitrogens with zero attached hydrogens (tertiary/aromatic N) is 2. The second kappa shape index (κ2) is 6.36. The average molecular weight is 311 g/mol. The van der Waals surface area contributed by atoms with E-state index in [2.05, 4.69) is 15.3 Å². The van der Waals surface area contributed by atoms with Gasteiger partial charge in [0, 0.05) is 36.1 Å². The van der Waals surface area contributed by atoms with E-state index in [-0.39, 0.29) is 11.8 Å². The maximum Gasteiger partial charge on any atom is 0.224 e. The van der Waals surface area contributed by atoms with Gasteiger partial charge >= 0.3 is 0 Å². The highest BCUT2D eigenvalue weighted by molar-refractivity contribution is 5.82. The van der Waals surface area contributed by atoms with Crippen LogP contribution in [0.4, 0.5) is 0 Å². The smallest absolute Gasteiger partial charge is 0.224 e. The van der Waals surface area contributed by atoms with E-state index >= 15 is 0 Å². The van der Waals surface area contributed by atoms with Gasteiger partial charge in [-0.3, -0.25) is 9.78 Å². The van der Waals surface area contributed by atoms with Crippen LogP contribution in [-0.2, 0) is 11.3 Å². The molecule has 3 rings (SSSR count). The van der Waals surface area contributed by atoms with Crippen molar-refractivity contribution in [2.24, 2.45) is 5.92 Å². The molecule has 5 heteroatoms. The molecule has 0 spiro atoms. The molecular weight excluding hydrogens is 290 g/mol. The highest BCUT2D eigenvalue weighted by Gasteiger charge is 2.43. The minimum atomic E-state index is 0.0575. The topological polar surface area (TPSA) is 64.1 Å². The van der Waals surface area contributed by atoms with E-state index in [1.165, 1.54) is 5.56 Å². The molecule has 1 aliphatic rings. The minimum Gasteiger partial charge on any atom is -0.481 e. The van der Waals surface area contributed by atoms with Crippen LogP contribution >= 0.6 is 0 Å². The Hall–Kier alpha value is -2.43. The van der Waals surface area contributed by atoms with E-state index in [4.69, 9.17) is 4.74 Å². The van der Waals surface area contributed by atoms with Gasteiger partial charge in [0.2, 0.25) is 11.8 Å². The van der Waals surface area contributed by atoms with E-state index in [9.17, 15) is 4.79 Å². The third kappa shape index (κ3) is 3.33. The molecular formula is C18H21N3O2. The summed E-state index contributed by atoms with van der Waals surface area (Å²) in [5.41, 5.74) is 4.11. The Labute approximate surface area is 136 Å². The summed E-state index contributed by atoms with van der Waals surface area (Å²) < 4.78 is 5.34. The Morgan fingerprint density at radius 2 is 2.09 bits per heavy atom. The Bertz CT molecular complexity index is 716. The van der Waals surface area contributed by atoms with Gasteiger partial charge < -0.3 is 10.1 Å². The quantitative estimate of drug-likeness (QED) is 0.921. The second-order valence-corrected chi connectivity index (χ2v) is 6.02. The fraction of sp³-hybridized carbons (Fsp3) is 0.389. The van der Waals surface area contributed by atoms with Gasteiger partial charge in [-0.1, -0.05) is 0 Å². The van der Waals surface area contributed by atoms with Gasteiger partial charge in [-0.15, -0.1) is 0 Å². The molecule has 120 valence electrons. The molecule has 0 unspecified atom stereocenters. The van der Waals surface area contributed by atoms with Gasteiger partial charge in [0.1, 0.15) is 0 Å². The molecule has 2 heterocycles. The molecule has 1 saturated carbocycles. The molecule has 0 aromatic carbocycles.